The molecule has 5 N–H and O–H groups in total. The minimum absolute atomic E-state index is 0.288. The van der Waals surface area contributed by atoms with E-state index in [2.05, 4.69) is 0 Å². The van der Waals surface area contributed by atoms with Gasteiger partial charge in [0.1, 0.15) is 29.3 Å². The smallest absolute Gasteiger partial charge is 0.330 e. The Hall–Kier alpha value is -1.89. The van der Waals surface area contributed by atoms with Crippen molar-refractivity contribution < 1.29 is 28.9 Å². The summed E-state index contributed by atoms with van der Waals surface area (Å²) in [4.78, 5) is 37.5. The maximum atomic E-state index is 15.8. The number of carbonyl (C=O) groups is 1. The van der Waals surface area contributed by atoms with E-state index >= 15 is 4.39 Å². The third-order valence-corrected chi connectivity index (χ3v) is 5.05. The minimum Gasteiger partial charge on any atom is -0.471 e. The number of rotatable bonds is 5. The molecule has 0 bridgehead atoms. The van der Waals surface area contributed by atoms with Crippen LogP contribution in [0, 0.1) is 5.92 Å². The molecule has 0 radical (unpaired) electrons. The van der Waals surface area contributed by atoms with E-state index in [4.69, 9.17) is 15.2 Å². The molecule has 0 aliphatic carbocycles. The number of ether oxygens (including phenoxy) is 2. The third-order valence-electron chi connectivity index (χ3n) is 5.05. The number of hydrogen-bond donors (Lipinski definition) is 4. The number of alkyl halides is 1. The van der Waals surface area contributed by atoms with Gasteiger partial charge in [0.2, 0.25) is 0 Å². The molecule has 0 aromatic carbocycles. The van der Waals surface area contributed by atoms with Gasteiger partial charge in [-0.15, -0.1) is 0 Å². The molecule has 5 atom stereocenters. The molecular weight excluding hydrogens is 374 g/mol. The number of aliphatic hydroxyl groups is 2. The molecule has 0 saturated carbocycles. The van der Waals surface area contributed by atoms with Gasteiger partial charge in [0.15, 0.2) is 23.5 Å². The number of carbonyl (C=O) groups excluding carboxylic acids is 1. The van der Waals surface area contributed by atoms with E-state index in [1.165, 1.54) is 0 Å². The van der Waals surface area contributed by atoms with Gasteiger partial charge in [-0.3, -0.25) is 19.1 Å². The Morgan fingerprint density at radius 1 is 1.43 bits per heavy atom. The molecule has 0 spiro atoms. The molecule has 1 aromatic rings. The van der Waals surface area contributed by atoms with Crippen LogP contribution in [0.15, 0.2) is 21.9 Å². The predicted molar refractivity (Wildman–Crippen MR) is 104 cm³/mol. The lowest BCUT2D eigenvalue weighted by molar-refractivity contribution is -0.250. The Balaban J connectivity index is 2.44. The van der Waals surface area contributed by atoms with Crippen molar-refractivity contribution in [2.45, 2.75) is 49.0 Å². The van der Waals surface area contributed by atoms with Crippen molar-refractivity contribution in [3.05, 3.63) is 33.1 Å². The second-order valence-corrected chi connectivity index (χ2v) is 7.87. The molecule has 1 aliphatic rings. The topological polar surface area (TPSA) is 157 Å². The van der Waals surface area contributed by atoms with Gasteiger partial charge in [-0.25, -0.2) is 9.18 Å². The van der Waals surface area contributed by atoms with Crippen LogP contribution in [-0.2, 0) is 19.9 Å². The molecule has 2 rings (SSSR count). The Bertz CT molecular complexity index is 878. The quantitative estimate of drug-likeness (QED) is 0.284. The first-order chi connectivity index (χ1) is 12.7. The van der Waals surface area contributed by atoms with E-state index in [-0.39, 0.29) is 5.92 Å². The number of hydrogen-bond acceptors (Lipinski definition) is 8. The second kappa shape index (κ2) is 7.18. The first kappa shape index (κ1) is 22.4. The van der Waals surface area contributed by atoms with Gasteiger partial charge in [-0.2, -0.15) is 0 Å². The summed E-state index contributed by atoms with van der Waals surface area (Å²) in [7, 11) is 3.45. The van der Waals surface area contributed by atoms with Crippen LogP contribution >= 0.6 is 0 Å². The van der Waals surface area contributed by atoms with Crippen LogP contribution in [0.5, 0.6) is 0 Å². The average molecular weight is 397 g/mol. The Labute approximate surface area is 162 Å². The summed E-state index contributed by atoms with van der Waals surface area (Å²) in [5.74, 6) is -4.30. The first-order valence-corrected chi connectivity index (χ1v) is 8.73. The minimum atomic E-state index is -3.09. The number of nitrogens with two attached hydrogens (primary N) is 1. The van der Waals surface area contributed by atoms with Gasteiger partial charge in [0, 0.05) is 12.3 Å². The molecule has 0 unspecified atom stereocenters. The van der Waals surface area contributed by atoms with Crippen LogP contribution in [0.25, 0.3) is 0 Å². The molecule has 1 aromatic heterocycles. The van der Waals surface area contributed by atoms with E-state index in [0.29, 0.717) is 0 Å². The van der Waals surface area contributed by atoms with Crippen LogP contribution in [0.2, 0.25) is 0 Å². The van der Waals surface area contributed by atoms with Crippen molar-refractivity contribution in [3.8, 4) is 0 Å². The summed E-state index contributed by atoms with van der Waals surface area (Å²) in [5.41, 5.74) is 1.93. The van der Waals surface area contributed by atoms with E-state index in [1.807, 2.05) is 4.98 Å². The molecule has 2 heterocycles. The van der Waals surface area contributed by atoms with Crippen LogP contribution in [0.3, 0.4) is 0 Å². The van der Waals surface area contributed by atoms with Crippen molar-refractivity contribution in [2.75, 3.05) is 0 Å². The summed E-state index contributed by atoms with van der Waals surface area (Å²) in [6.07, 6.45) is -3.12. The zero-order chi connectivity index (χ0) is 21.7. The van der Waals surface area contributed by atoms with Crippen molar-refractivity contribution in [2.24, 2.45) is 11.7 Å². The number of nitrogens with one attached hydrogen (secondary N) is 1. The monoisotopic (exact) mass is 397 g/mol. The lowest BCUT2D eigenvalue weighted by Crippen LogP contribution is -2.62. The standard InChI is InChI=1S/C14H23B3FN3O7/c1-5(2)7(19)10(25)27-14(16,17)12(18)8(23)9(24)13(15,28-12)21-4-3-6(22)20-11(21)26/h3-5,7-9,23-24H,15-17,19H2,1-2H3,(H,20,22,26)/t7-,8-,9+,12-,13-/m0/s1. The SMILES string of the molecule is BC(B)(OC(=O)[C@@H](N)C(C)C)[C@@]1(F)O[C@@](B)(n2ccc(=O)[nH]c2=O)[C@H](O)[C@@H]1O. The van der Waals surface area contributed by atoms with Crippen molar-refractivity contribution in [1.82, 2.24) is 9.55 Å². The number of halogens is 1. The fraction of sp³-hybridized carbons (Fsp3) is 0.643. The van der Waals surface area contributed by atoms with Gasteiger partial charge in [-0.1, -0.05) is 13.8 Å². The fourth-order valence-electron chi connectivity index (χ4n) is 3.02. The van der Waals surface area contributed by atoms with Gasteiger partial charge in [0.05, 0.1) is 0 Å². The summed E-state index contributed by atoms with van der Waals surface area (Å²) < 4.78 is 27.0. The number of aliphatic hydroxyl groups excluding tert-OH is 2. The van der Waals surface area contributed by atoms with Crippen LogP contribution in [-0.4, -0.2) is 78.8 Å². The van der Waals surface area contributed by atoms with Crippen LogP contribution < -0.4 is 17.0 Å². The van der Waals surface area contributed by atoms with Gasteiger partial charge in [-0.05, 0) is 5.92 Å². The lowest BCUT2D eigenvalue weighted by Gasteiger charge is -2.40. The number of H-pyrrole nitrogens is 1. The molecular formula is C14H23B3FN3O7. The number of esters is 1. The zero-order valence-electron chi connectivity index (χ0n) is 16.3. The molecule has 0 amide bonds. The molecule has 28 heavy (non-hydrogen) atoms. The summed E-state index contributed by atoms with van der Waals surface area (Å²) in [6.45, 7) is 3.35. The second-order valence-electron chi connectivity index (χ2n) is 7.87. The highest BCUT2D eigenvalue weighted by atomic mass is 19.2. The highest BCUT2D eigenvalue weighted by molar-refractivity contribution is 6.40. The van der Waals surface area contributed by atoms with Crippen LogP contribution in [0.4, 0.5) is 4.39 Å². The summed E-state index contributed by atoms with van der Waals surface area (Å²) >= 11 is 0. The highest BCUT2D eigenvalue weighted by Crippen LogP contribution is 2.45. The van der Waals surface area contributed by atoms with E-state index < -0.39 is 52.3 Å². The summed E-state index contributed by atoms with van der Waals surface area (Å²) in [6, 6.07) is -0.0697. The number of aromatic nitrogens is 2. The van der Waals surface area contributed by atoms with Crippen molar-refractivity contribution in [1.29, 1.82) is 0 Å². The zero-order valence-corrected chi connectivity index (χ0v) is 16.3. The van der Waals surface area contributed by atoms with E-state index in [1.54, 1.807) is 13.8 Å². The highest BCUT2D eigenvalue weighted by Gasteiger charge is 2.68. The Morgan fingerprint density at radius 2 is 2.00 bits per heavy atom. The Kier molecular flexibility index (Phi) is 5.74. The van der Waals surface area contributed by atoms with Gasteiger partial charge < -0.3 is 25.4 Å². The maximum Gasteiger partial charge on any atom is 0.330 e. The average Bonchev–Trinajstić information content (AvgIpc) is 2.75. The Morgan fingerprint density at radius 3 is 2.50 bits per heavy atom. The predicted octanol–water partition coefficient (Wildman–Crippen LogP) is -5.36. The fourth-order valence-corrected chi connectivity index (χ4v) is 3.02. The number of nitrogens with zero attached hydrogens (tertiary/aromatic N) is 1. The van der Waals surface area contributed by atoms with Gasteiger partial charge in [0.25, 0.3) is 11.4 Å². The molecule has 1 saturated heterocycles. The maximum absolute atomic E-state index is 15.8. The van der Waals surface area contributed by atoms with E-state index in [9.17, 15) is 24.6 Å². The van der Waals surface area contributed by atoms with Crippen molar-refractivity contribution in [3.63, 3.8) is 0 Å². The molecule has 10 nitrogen and oxygen atoms in total. The van der Waals surface area contributed by atoms with E-state index in [0.717, 1.165) is 40.4 Å². The van der Waals surface area contributed by atoms with Crippen molar-refractivity contribution >= 4 is 29.5 Å². The van der Waals surface area contributed by atoms with Crippen LogP contribution in [0.1, 0.15) is 13.8 Å². The van der Waals surface area contributed by atoms with Gasteiger partial charge >= 0.3 is 11.7 Å². The lowest BCUT2D eigenvalue weighted by atomic mass is 9.59. The number of aromatic amines is 1. The molecule has 152 valence electrons. The third kappa shape index (κ3) is 3.45. The normalized spacial score (nSPS) is 31.7. The molecule has 1 fully saturated rings. The molecule has 1 aliphatic heterocycles. The summed E-state index contributed by atoms with van der Waals surface area (Å²) in [5, 5.41) is 18.8. The largest absolute Gasteiger partial charge is 0.471 e. The first-order valence-electron chi connectivity index (χ1n) is 8.73. The molecule has 14 heteroatoms.